The number of nitrogens with zero attached hydrogens (tertiary/aromatic N) is 1. The molecule has 0 radical (unpaired) electrons. The van der Waals surface area contributed by atoms with Gasteiger partial charge in [0.25, 0.3) is 0 Å². The molecule has 3 aromatic rings. The molecule has 28 heavy (non-hydrogen) atoms. The lowest BCUT2D eigenvalue weighted by Crippen LogP contribution is -2.29. The highest BCUT2D eigenvalue weighted by atomic mass is 32.2. The van der Waals surface area contributed by atoms with Gasteiger partial charge < -0.3 is 19.9 Å². The Morgan fingerprint density at radius 2 is 1.89 bits per heavy atom. The molecule has 8 heteroatoms. The molecule has 1 heterocycles. The number of aromatic nitrogens is 1. The van der Waals surface area contributed by atoms with Crippen LogP contribution in [0.5, 0.6) is 17.2 Å². The summed E-state index contributed by atoms with van der Waals surface area (Å²) >= 11 is 0. The highest BCUT2D eigenvalue weighted by Crippen LogP contribution is 2.31. The molecular formula is C20H23N3O4S. The molecule has 3 N–H and O–H groups in total. The maximum absolute atomic E-state index is 12.5. The van der Waals surface area contributed by atoms with Gasteiger partial charge in [0.15, 0.2) is 0 Å². The van der Waals surface area contributed by atoms with Crippen LogP contribution in [0.1, 0.15) is 6.92 Å². The fourth-order valence-electron chi connectivity index (χ4n) is 2.67. The minimum atomic E-state index is -2.99. The van der Waals surface area contributed by atoms with E-state index in [-0.39, 0.29) is 12.4 Å². The number of aliphatic hydroxyl groups is 1. The fraction of sp³-hybridized carbons (Fsp3) is 0.250. The first-order valence-corrected chi connectivity index (χ1v) is 10.5. The zero-order chi connectivity index (χ0) is 20.1. The van der Waals surface area contributed by atoms with Gasteiger partial charge in [-0.25, -0.2) is 8.99 Å². The van der Waals surface area contributed by atoms with E-state index in [1.807, 2.05) is 18.2 Å². The standard InChI is InChI=1S/C20H23N3O4S/c1-14(24)12-22-13-28(21,25)17-6-3-15(4-7-17)27-20-9-10-23-19-11-16(26-2)5-8-18(19)20/h3-11,14,21-22,24H,12-13H2,1-2H3/t14-,28-/m1/s1. The first-order valence-electron chi connectivity index (χ1n) is 8.75. The lowest BCUT2D eigenvalue weighted by atomic mass is 10.2. The summed E-state index contributed by atoms with van der Waals surface area (Å²) in [6, 6.07) is 14.0. The number of rotatable bonds is 8. The second-order valence-electron chi connectivity index (χ2n) is 6.39. The van der Waals surface area contributed by atoms with Crippen LogP contribution in [-0.4, -0.2) is 39.9 Å². The molecule has 2 aromatic carbocycles. The number of benzene rings is 2. The molecule has 0 fully saturated rings. The Kier molecular flexibility index (Phi) is 6.13. The van der Waals surface area contributed by atoms with Crippen LogP contribution < -0.4 is 14.8 Å². The summed E-state index contributed by atoms with van der Waals surface area (Å²) in [7, 11) is -1.39. The van der Waals surface area contributed by atoms with Gasteiger partial charge in [-0.1, -0.05) is 0 Å². The summed E-state index contributed by atoms with van der Waals surface area (Å²) in [5.41, 5.74) is 0.756. The number of methoxy groups -OCH3 is 1. The monoisotopic (exact) mass is 401 g/mol. The maximum atomic E-state index is 12.5. The molecule has 2 atom stereocenters. The van der Waals surface area contributed by atoms with Crippen molar-refractivity contribution in [1.82, 2.24) is 10.3 Å². The van der Waals surface area contributed by atoms with Crippen molar-refractivity contribution in [2.45, 2.75) is 17.9 Å². The van der Waals surface area contributed by atoms with Crippen molar-refractivity contribution < 1.29 is 18.8 Å². The summed E-state index contributed by atoms with van der Waals surface area (Å²) in [4.78, 5) is 4.74. The Morgan fingerprint density at radius 3 is 2.57 bits per heavy atom. The number of ether oxygens (including phenoxy) is 2. The third-order valence-corrected chi connectivity index (χ3v) is 5.73. The largest absolute Gasteiger partial charge is 0.497 e. The van der Waals surface area contributed by atoms with Gasteiger partial charge in [-0.05, 0) is 49.4 Å². The number of hydrogen-bond acceptors (Lipinski definition) is 7. The predicted molar refractivity (Wildman–Crippen MR) is 108 cm³/mol. The Hall–Kier alpha value is -2.68. The molecule has 1 aromatic heterocycles. The van der Waals surface area contributed by atoms with Crippen molar-refractivity contribution >= 4 is 20.6 Å². The Morgan fingerprint density at radius 1 is 1.18 bits per heavy atom. The lowest BCUT2D eigenvalue weighted by Gasteiger charge is -2.12. The summed E-state index contributed by atoms with van der Waals surface area (Å²) in [5, 5.41) is 12.9. The van der Waals surface area contributed by atoms with E-state index in [1.54, 1.807) is 50.6 Å². The van der Waals surface area contributed by atoms with Gasteiger partial charge in [0.1, 0.15) is 17.2 Å². The van der Waals surface area contributed by atoms with Crippen LogP contribution in [0, 0.1) is 4.78 Å². The Bertz CT molecular complexity index is 1050. The van der Waals surface area contributed by atoms with Crippen LogP contribution >= 0.6 is 0 Å². The van der Waals surface area contributed by atoms with Gasteiger partial charge in [0.2, 0.25) is 0 Å². The summed E-state index contributed by atoms with van der Waals surface area (Å²) in [6.45, 7) is 1.92. The maximum Gasteiger partial charge on any atom is 0.138 e. The van der Waals surface area contributed by atoms with E-state index < -0.39 is 15.8 Å². The normalized spacial score (nSPS) is 14.4. The van der Waals surface area contributed by atoms with Crippen molar-refractivity contribution in [3.8, 4) is 17.2 Å². The van der Waals surface area contributed by atoms with E-state index in [2.05, 4.69) is 10.3 Å². The van der Waals surface area contributed by atoms with Crippen LogP contribution in [0.3, 0.4) is 0 Å². The zero-order valence-corrected chi connectivity index (χ0v) is 16.5. The average molecular weight is 401 g/mol. The molecule has 0 spiro atoms. The molecule has 0 saturated heterocycles. The van der Waals surface area contributed by atoms with E-state index in [1.165, 1.54) is 0 Å². The second kappa shape index (κ2) is 8.55. The fourth-order valence-corrected chi connectivity index (χ4v) is 3.81. The van der Waals surface area contributed by atoms with Gasteiger partial charge in [-0.3, -0.25) is 4.98 Å². The Balaban J connectivity index is 1.77. The van der Waals surface area contributed by atoms with Crippen molar-refractivity contribution in [2.75, 3.05) is 19.5 Å². The van der Waals surface area contributed by atoms with Gasteiger partial charge in [0.05, 0.1) is 34.3 Å². The van der Waals surface area contributed by atoms with E-state index in [0.717, 1.165) is 16.7 Å². The van der Waals surface area contributed by atoms with Crippen molar-refractivity contribution in [3.63, 3.8) is 0 Å². The quantitative estimate of drug-likeness (QED) is 0.535. The molecule has 0 bridgehead atoms. The molecule has 0 amide bonds. The summed E-state index contributed by atoms with van der Waals surface area (Å²) in [6.07, 6.45) is 1.11. The number of nitrogens with one attached hydrogen (secondary N) is 2. The molecule has 0 aliphatic carbocycles. The average Bonchev–Trinajstić information content (AvgIpc) is 2.67. The minimum absolute atomic E-state index is 0.0189. The lowest BCUT2D eigenvalue weighted by molar-refractivity contribution is 0.193. The zero-order valence-electron chi connectivity index (χ0n) is 15.7. The number of fused-ring (bicyclic) bond motifs is 1. The van der Waals surface area contributed by atoms with Gasteiger partial charge >= 0.3 is 0 Å². The van der Waals surface area contributed by atoms with Crippen LogP contribution in [0.2, 0.25) is 0 Å². The number of pyridine rings is 1. The van der Waals surface area contributed by atoms with E-state index >= 15 is 0 Å². The van der Waals surface area contributed by atoms with Crippen molar-refractivity contribution in [3.05, 3.63) is 54.7 Å². The second-order valence-corrected chi connectivity index (χ2v) is 8.50. The topological polar surface area (TPSA) is 105 Å². The smallest absolute Gasteiger partial charge is 0.138 e. The third-order valence-electron chi connectivity index (χ3n) is 4.09. The molecule has 0 saturated carbocycles. The SMILES string of the molecule is COc1ccc2c(Oc3ccc([S@](=N)(=O)CNC[C@@H](C)O)cc3)ccnc2c1. The number of aliphatic hydroxyl groups excluding tert-OH is 1. The third kappa shape index (κ3) is 4.78. The van der Waals surface area contributed by atoms with Gasteiger partial charge in [0, 0.05) is 29.1 Å². The highest BCUT2D eigenvalue weighted by molar-refractivity contribution is 7.92. The number of hydrogen-bond donors (Lipinski definition) is 3. The molecule has 0 unspecified atom stereocenters. The van der Waals surface area contributed by atoms with Crippen LogP contribution in [0.15, 0.2) is 59.6 Å². The van der Waals surface area contributed by atoms with E-state index in [0.29, 0.717) is 16.4 Å². The first-order chi connectivity index (χ1) is 13.4. The minimum Gasteiger partial charge on any atom is -0.497 e. The highest BCUT2D eigenvalue weighted by Gasteiger charge is 2.11. The molecule has 0 aliphatic rings. The molecule has 148 valence electrons. The van der Waals surface area contributed by atoms with Crippen molar-refractivity contribution in [2.24, 2.45) is 0 Å². The first kappa shape index (κ1) is 20.1. The summed E-state index contributed by atoms with van der Waals surface area (Å²) < 4.78 is 31.8. The molecule has 3 rings (SSSR count). The van der Waals surface area contributed by atoms with E-state index in [4.69, 9.17) is 14.3 Å². The van der Waals surface area contributed by atoms with Crippen LogP contribution in [0.4, 0.5) is 0 Å². The molecule has 0 aliphatic heterocycles. The summed E-state index contributed by atoms with van der Waals surface area (Å²) in [5.74, 6) is 1.91. The van der Waals surface area contributed by atoms with Crippen molar-refractivity contribution in [1.29, 1.82) is 4.78 Å². The predicted octanol–water partition coefficient (Wildman–Crippen LogP) is 3.37. The molecule has 7 nitrogen and oxygen atoms in total. The van der Waals surface area contributed by atoms with Gasteiger partial charge in [-0.2, -0.15) is 0 Å². The van der Waals surface area contributed by atoms with Crippen LogP contribution in [-0.2, 0) is 9.73 Å². The van der Waals surface area contributed by atoms with E-state index in [9.17, 15) is 9.32 Å². The van der Waals surface area contributed by atoms with Gasteiger partial charge in [-0.15, -0.1) is 0 Å². The van der Waals surface area contributed by atoms with Crippen LogP contribution in [0.25, 0.3) is 10.9 Å². The Labute approximate surface area is 164 Å². The molecular weight excluding hydrogens is 378 g/mol.